The van der Waals surface area contributed by atoms with Crippen molar-refractivity contribution in [3.63, 3.8) is 0 Å². The van der Waals surface area contributed by atoms with Gasteiger partial charge < -0.3 is 8.98 Å². The summed E-state index contributed by atoms with van der Waals surface area (Å²) < 4.78 is 44.3. The highest BCUT2D eigenvalue weighted by molar-refractivity contribution is 6.32. The number of rotatable bonds is 5. The second-order valence-corrected chi connectivity index (χ2v) is 7.19. The molecule has 0 saturated carbocycles. The van der Waals surface area contributed by atoms with Crippen LogP contribution in [0.1, 0.15) is 39.0 Å². The second kappa shape index (κ2) is 8.52. The number of halogens is 4. The Balaban J connectivity index is 1.82. The van der Waals surface area contributed by atoms with Crippen LogP contribution >= 0.6 is 11.6 Å². The van der Waals surface area contributed by atoms with Crippen molar-refractivity contribution in [2.45, 2.75) is 13.1 Å². The largest absolute Gasteiger partial charge is 0.470 e. The van der Waals surface area contributed by atoms with Crippen LogP contribution in [0.3, 0.4) is 0 Å². The number of aromatic nitrogens is 4. The Kier molecular flexibility index (Phi) is 5.74. The molecule has 11 heteroatoms. The highest BCUT2D eigenvalue weighted by Crippen LogP contribution is 2.30. The predicted octanol–water partition coefficient (Wildman–Crippen LogP) is 5.20. The Morgan fingerprint density at radius 3 is 2.58 bits per heavy atom. The first-order valence-corrected chi connectivity index (χ1v) is 9.96. The van der Waals surface area contributed by atoms with Gasteiger partial charge in [-0.2, -0.15) is 18.4 Å². The number of hydrogen-bond donors (Lipinski definition) is 0. The minimum absolute atomic E-state index is 0.227. The minimum Gasteiger partial charge on any atom is -0.413 e. The molecule has 33 heavy (non-hydrogen) atoms. The molecule has 4 rings (SSSR count). The molecule has 0 fully saturated rings. The van der Waals surface area contributed by atoms with E-state index < -0.39 is 12.1 Å². The number of carbonyl (C=O) groups is 1. The Morgan fingerprint density at radius 1 is 1.24 bits per heavy atom. The van der Waals surface area contributed by atoms with E-state index in [1.807, 2.05) is 6.07 Å². The molecule has 0 aliphatic carbocycles. The fourth-order valence-electron chi connectivity index (χ4n) is 3.39. The molecular weight excluding hydrogens is 459 g/mol. The number of nitriles is 1. The van der Waals surface area contributed by atoms with E-state index in [0.717, 1.165) is 0 Å². The van der Waals surface area contributed by atoms with Gasteiger partial charge in [0.25, 0.3) is 0 Å². The number of alkyl halides is 4. The van der Waals surface area contributed by atoms with Gasteiger partial charge in [0.15, 0.2) is 5.78 Å². The monoisotopic (exact) mass is 471 g/mol. The molecule has 0 bridgehead atoms. The summed E-state index contributed by atoms with van der Waals surface area (Å²) >= 11 is 5.80. The summed E-state index contributed by atoms with van der Waals surface area (Å²) in [5.74, 6) is -2.28. The van der Waals surface area contributed by atoms with E-state index in [0.29, 0.717) is 39.1 Å². The molecule has 0 saturated heterocycles. The van der Waals surface area contributed by atoms with Crippen LogP contribution in [0, 0.1) is 18.3 Å². The predicted molar refractivity (Wildman–Crippen MR) is 114 cm³/mol. The van der Waals surface area contributed by atoms with Gasteiger partial charge in [0.05, 0.1) is 34.1 Å². The molecule has 0 unspecified atom stereocenters. The van der Waals surface area contributed by atoms with Crippen LogP contribution in [-0.4, -0.2) is 31.4 Å². The molecule has 7 nitrogen and oxygen atoms in total. The maximum atomic E-state index is 12.6. The van der Waals surface area contributed by atoms with Gasteiger partial charge in [0, 0.05) is 23.7 Å². The van der Waals surface area contributed by atoms with Crippen molar-refractivity contribution >= 4 is 40.6 Å². The first-order valence-electron chi connectivity index (χ1n) is 9.42. The van der Waals surface area contributed by atoms with Crippen molar-refractivity contribution < 1.29 is 22.4 Å². The number of hydrogen-bond acceptors (Lipinski definition) is 6. The lowest BCUT2D eigenvalue weighted by Crippen LogP contribution is -2.04. The molecular formula is C22H13ClF3N5O2. The Morgan fingerprint density at radius 2 is 1.97 bits per heavy atom. The van der Waals surface area contributed by atoms with Crippen LogP contribution in [-0.2, 0) is 6.18 Å². The van der Waals surface area contributed by atoms with Gasteiger partial charge in [-0.25, -0.2) is 0 Å². The highest BCUT2D eigenvalue weighted by atomic mass is 35.5. The van der Waals surface area contributed by atoms with Gasteiger partial charge in [0.1, 0.15) is 0 Å². The number of ketones is 1. The van der Waals surface area contributed by atoms with E-state index in [4.69, 9.17) is 16.9 Å². The van der Waals surface area contributed by atoms with E-state index in [1.165, 1.54) is 18.3 Å². The summed E-state index contributed by atoms with van der Waals surface area (Å²) in [4.78, 5) is 16.9. The normalized spacial score (nSPS) is 11.9. The zero-order valence-corrected chi connectivity index (χ0v) is 17.6. The molecule has 0 atom stereocenters. The van der Waals surface area contributed by atoms with Gasteiger partial charge in [-0.15, -0.1) is 21.8 Å². The first-order chi connectivity index (χ1) is 15.7. The summed E-state index contributed by atoms with van der Waals surface area (Å²) in [6, 6.07) is 10.5. The van der Waals surface area contributed by atoms with E-state index >= 15 is 0 Å². The fourth-order valence-corrected chi connectivity index (χ4v) is 3.52. The molecule has 0 radical (unpaired) electrons. The number of Topliss-reactive ketones (excluding diaryl/α,β-unsaturated/α-hetero) is 1. The Labute approximate surface area is 189 Å². The lowest BCUT2D eigenvalue weighted by molar-refractivity contribution is -0.157. The van der Waals surface area contributed by atoms with Crippen LogP contribution in [0.25, 0.3) is 28.9 Å². The lowest BCUT2D eigenvalue weighted by Gasteiger charge is -2.09. The van der Waals surface area contributed by atoms with Crippen molar-refractivity contribution in [1.82, 2.24) is 19.7 Å². The number of nitrogens with zero attached hydrogens (tertiary/aromatic N) is 5. The fraction of sp³-hybridized carbons (Fsp3) is 0.136. The van der Waals surface area contributed by atoms with E-state index in [1.54, 1.807) is 41.8 Å². The zero-order valence-electron chi connectivity index (χ0n) is 16.9. The highest BCUT2D eigenvalue weighted by Gasteiger charge is 2.37. The maximum absolute atomic E-state index is 12.6. The number of benzene rings is 1. The van der Waals surface area contributed by atoms with Crippen LogP contribution in [0.4, 0.5) is 13.2 Å². The average Bonchev–Trinajstić information content (AvgIpc) is 3.39. The molecule has 1 aromatic carbocycles. The molecule has 3 aromatic heterocycles. The van der Waals surface area contributed by atoms with Crippen molar-refractivity contribution in [2.24, 2.45) is 0 Å². The topological polar surface area (TPSA) is 97.6 Å². The number of pyridine rings is 1. The van der Waals surface area contributed by atoms with Gasteiger partial charge >= 0.3 is 12.1 Å². The van der Waals surface area contributed by atoms with Gasteiger partial charge in [0.2, 0.25) is 5.89 Å². The molecule has 0 aliphatic heterocycles. The van der Waals surface area contributed by atoms with Crippen molar-refractivity contribution in [1.29, 1.82) is 5.26 Å². The van der Waals surface area contributed by atoms with Crippen LogP contribution in [0.5, 0.6) is 0 Å². The smallest absolute Gasteiger partial charge is 0.413 e. The van der Waals surface area contributed by atoms with Gasteiger partial charge in [-0.05, 0) is 48.9 Å². The Hall–Kier alpha value is -3.97. The molecule has 4 aromatic rings. The molecule has 0 aliphatic rings. The molecule has 166 valence electrons. The van der Waals surface area contributed by atoms with Gasteiger partial charge in [-0.1, -0.05) is 0 Å². The van der Waals surface area contributed by atoms with E-state index in [-0.39, 0.29) is 17.6 Å². The maximum Gasteiger partial charge on any atom is 0.470 e. The summed E-state index contributed by atoms with van der Waals surface area (Å²) in [5, 5.41) is 15.4. The zero-order chi connectivity index (χ0) is 23.8. The van der Waals surface area contributed by atoms with Gasteiger partial charge in [-0.3, -0.25) is 9.78 Å². The molecule has 0 spiro atoms. The standard InChI is InChI=1S/C22H13ClF3N5O2/c1-12-19(17(32)9-23)20-16(31(12)15-5-2-13(10-27)3-6-15)8-14(11-28-20)4-7-18-29-30-21(33-18)22(24,25)26/h2-8,11H,9H2,1H3. The summed E-state index contributed by atoms with van der Waals surface area (Å²) in [7, 11) is 0. The minimum atomic E-state index is -4.73. The molecule has 0 N–H and O–H groups in total. The third-order valence-corrected chi connectivity index (χ3v) is 5.06. The second-order valence-electron chi connectivity index (χ2n) is 6.92. The SMILES string of the molecule is Cc1c(C(=O)CCl)c2ncc(C=Cc3nnc(C(F)(F)F)o3)cc2n1-c1ccc(C#N)cc1. The Bertz CT molecular complexity index is 1430. The lowest BCUT2D eigenvalue weighted by atomic mass is 10.1. The van der Waals surface area contributed by atoms with Crippen molar-refractivity contribution in [3.8, 4) is 11.8 Å². The van der Waals surface area contributed by atoms with E-state index in [9.17, 15) is 18.0 Å². The van der Waals surface area contributed by atoms with Crippen LogP contribution in [0.15, 0.2) is 40.9 Å². The number of carbonyl (C=O) groups excluding carboxylic acids is 1. The summed E-state index contributed by atoms with van der Waals surface area (Å²) in [6.45, 7) is 1.76. The van der Waals surface area contributed by atoms with Crippen LogP contribution in [0.2, 0.25) is 0 Å². The molecule has 3 heterocycles. The van der Waals surface area contributed by atoms with Crippen molar-refractivity contribution in [3.05, 3.63) is 70.7 Å². The third kappa shape index (κ3) is 4.23. The first kappa shape index (κ1) is 22.2. The van der Waals surface area contributed by atoms with Crippen LogP contribution < -0.4 is 0 Å². The summed E-state index contributed by atoms with van der Waals surface area (Å²) in [6.07, 6.45) is -0.565. The summed E-state index contributed by atoms with van der Waals surface area (Å²) in [5.41, 5.74) is 3.68. The average molecular weight is 472 g/mol. The molecule has 0 amide bonds. The third-order valence-electron chi connectivity index (χ3n) is 4.82. The number of fused-ring (bicyclic) bond motifs is 1. The quantitative estimate of drug-likeness (QED) is 0.293. The van der Waals surface area contributed by atoms with Crippen molar-refractivity contribution in [2.75, 3.05) is 5.88 Å². The van der Waals surface area contributed by atoms with E-state index in [2.05, 4.69) is 19.6 Å².